The zero-order valence-electron chi connectivity index (χ0n) is 14.6. The molecule has 0 aliphatic heterocycles. The molecule has 0 saturated carbocycles. The standard InChI is InChI=1S/C16H24N4O4S/c1-16(2,3)25(22,23)17-9-5-4-8-15(21)18-14-11-12(19-20-14)13-7-6-10-24-13/h6-7,10-11,17H,4-5,8-9H2,1-3H3,(H2,18,19,20,21). The zero-order chi connectivity index (χ0) is 18.5. The van der Waals surface area contributed by atoms with Crippen molar-refractivity contribution in [3.05, 3.63) is 24.5 Å². The van der Waals surface area contributed by atoms with Crippen molar-refractivity contribution in [2.45, 2.75) is 44.8 Å². The number of sulfonamides is 1. The molecular weight excluding hydrogens is 344 g/mol. The van der Waals surface area contributed by atoms with E-state index < -0.39 is 14.8 Å². The second kappa shape index (κ2) is 7.83. The van der Waals surface area contributed by atoms with Crippen molar-refractivity contribution < 1.29 is 17.6 Å². The van der Waals surface area contributed by atoms with Gasteiger partial charge in [0.15, 0.2) is 11.6 Å². The quantitative estimate of drug-likeness (QED) is 0.619. The second-order valence-corrected chi connectivity index (χ2v) is 9.18. The van der Waals surface area contributed by atoms with E-state index >= 15 is 0 Å². The molecule has 8 nitrogen and oxygen atoms in total. The fraction of sp³-hybridized carbons (Fsp3) is 0.500. The Bertz CT molecular complexity index is 788. The molecular formula is C16H24N4O4S. The van der Waals surface area contributed by atoms with E-state index in [-0.39, 0.29) is 5.91 Å². The maximum Gasteiger partial charge on any atom is 0.225 e. The highest BCUT2D eigenvalue weighted by Crippen LogP contribution is 2.20. The van der Waals surface area contributed by atoms with E-state index in [9.17, 15) is 13.2 Å². The Morgan fingerprint density at radius 3 is 2.72 bits per heavy atom. The van der Waals surface area contributed by atoms with Crippen molar-refractivity contribution in [2.24, 2.45) is 0 Å². The fourth-order valence-corrected chi connectivity index (χ4v) is 2.83. The number of nitrogens with one attached hydrogen (secondary N) is 3. The van der Waals surface area contributed by atoms with Crippen LogP contribution < -0.4 is 10.0 Å². The molecule has 3 N–H and O–H groups in total. The number of furan rings is 1. The largest absolute Gasteiger partial charge is 0.463 e. The molecule has 0 aromatic carbocycles. The van der Waals surface area contributed by atoms with Gasteiger partial charge in [-0.3, -0.25) is 9.89 Å². The summed E-state index contributed by atoms with van der Waals surface area (Å²) in [6, 6.07) is 5.24. The molecule has 9 heteroatoms. The number of anilines is 1. The lowest BCUT2D eigenvalue weighted by Crippen LogP contribution is -2.39. The second-order valence-electron chi connectivity index (χ2n) is 6.66. The Morgan fingerprint density at radius 1 is 1.32 bits per heavy atom. The highest BCUT2D eigenvalue weighted by atomic mass is 32.2. The molecule has 0 radical (unpaired) electrons. The normalized spacial score (nSPS) is 12.3. The predicted octanol–water partition coefficient (Wildman–Crippen LogP) is 2.50. The van der Waals surface area contributed by atoms with Crippen LogP contribution in [0.15, 0.2) is 28.9 Å². The minimum atomic E-state index is -3.34. The van der Waals surface area contributed by atoms with E-state index in [4.69, 9.17) is 4.42 Å². The van der Waals surface area contributed by atoms with Gasteiger partial charge in [0.25, 0.3) is 0 Å². The average Bonchev–Trinajstić information content (AvgIpc) is 3.16. The molecule has 2 heterocycles. The number of aromatic amines is 1. The van der Waals surface area contributed by atoms with Crippen LogP contribution in [0.2, 0.25) is 0 Å². The zero-order valence-corrected chi connectivity index (χ0v) is 15.4. The highest BCUT2D eigenvalue weighted by Gasteiger charge is 2.27. The molecule has 1 amide bonds. The van der Waals surface area contributed by atoms with E-state index in [0.29, 0.717) is 43.1 Å². The number of hydrogen-bond donors (Lipinski definition) is 3. The Balaban J connectivity index is 1.70. The average molecular weight is 368 g/mol. The van der Waals surface area contributed by atoms with E-state index in [1.165, 1.54) is 0 Å². The smallest absolute Gasteiger partial charge is 0.225 e. The van der Waals surface area contributed by atoms with Gasteiger partial charge in [0, 0.05) is 19.0 Å². The predicted molar refractivity (Wildman–Crippen MR) is 95.4 cm³/mol. The number of carbonyl (C=O) groups excluding carboxylic acids is 1. The molecule has 25 heavy (non-hydrogen) atoms. The summed E-state index contributed by atoms with van der Waals surface area (Å²) in [5.74, 6) is 0.889. The van der Waals surface area contributed by atoms with Gasteiger partial charge >= 0.3 is 0 Å². The van der Waals surface area contributed by atoms with Gasteiger partial charge < -0.3 is 9.73 Å². The van der Waals surface area contributed by atoms with Crippen LogP contribution in [-0.2, 0) is 14.8 Å². The molecule has 0 aliphatic rings. The Hall–Kier alpha value is -2.13. The van der Waals surface area contributed by atoms with Gasteiger partial charge in [-0.25, -0.2) is 13.1 Å². The van der Waals surface area contributed by atoms with Crippen molar-refractivity contribution in [1.82, 2.24) is 14.9 Å². The molecule has 0 atom stereocenters. The minimum absolute atomic E-state index is 0.170. The van der Waals surface area contributed by atoms with Gasteiger partial charge in [-0.2, -0.15) is 5.10 Å². The topological polar surface area (TPSA) is 117 Å². The molecule has 138 valence electrons. The van der Waals surface area contributed by atoms with Gasteiger partial charge in [0.1, 0.15) is 5.69 Å². The number of amides is 1. The molecule has 0 spiro atoms. The molecule has 2 aromatic rings. The number of H-pyrrole nitrogens is 1. The summed E-state index contributed by atoms with van der Waals surface area (Å²) >= 11 is 0. The number of aromatic nitrogens is 2. The lowest BCUT2D eigenvalue weighted by molar-refractivity contribution is -0.116. The van der Waals surface area contributed by atoms with E-state index in [0.717, 1.165) is 0 Å². The summed E-state index contributed by atoms with van der Waals surface area (Å²) < 4.78 is 30.7. The van der Waals surface area contributed by atoms with Crippen LogP contribution in [0.4, 0.5) is 5.82 Å². The lowest BCUT2D eigenvalue weighted by atomic mass is 10.2. The van der Waals surface area contributed by atoms with E-state index in [1.54, 1.807) is 45.2 Å². The molecule has 0 bridgehead atoms. The van der Waals surface area contributed by atoms with Gasteiger partial charge in [-0.1, -0.05) is 0 Å². The van der Waals surface area contributed by atoms with Crippen molar-refractivity contribution in [3.63, 3.8) is 0 Å². The Labute approximate surface area is 147 Å². The highest BCUT2D eigenvalue weighted by molar-refractivity contribution is 7.90. The summed E-state index contributed by atoms with van der Waals surface area (Å²) in [7, 11) is -3.34. The third-order valence-electron chi connectivity index (χ3n) is 3.56. The van der Waals surface area contributed by atoms with Gasteiger partial charge in [0.05, 0.1) is 11.0 Å². The molecule has 0 aliphatic carbocycles. The molecule has 0 saturated heterocycles. The number of carbonyl (C=O) groups is 1. The van der Waals surface area contributed by atoms with Crippen LogP contribution in [0.25, 0.3) is 11.5 Å². The van der Waals surface area contributed by atoms with Gasteiger partial charge in [-0.05, 0) is 45.7 Å². The first-order valence-corrected chi connectivity index (χ1v) is 9.56. The molecule has 2 aromatic heterocycles. The SMILES string of the molecule is CC(C)(C)S(=O)(=O)NCCCCC(=O)Nc1cc(-c2ccco2)[nH]n1. The molecule has 0 fully saturated rings. The van der Waals surface area contributed by atoms with Crippen molar-refractivity contribution in [2.75, 3.05) is 11.9 Å². The van der Waals surface area contributed by atoms with Gasteiger partial charge in [-0.15, -0.1) is 0 Å². The van der Waals surface area contributed by atoms with Crippen LogP contribution in [-0.4, -0.2) is 35.8 Å². The first kappa shape index (κ1) is 19.2. The summed E-state index contributed by atoms with van der Waals surface area (Å²) in [4.78, 5) is 11.9. The summed E-state index contributed by atoms with van der Waals surface area (Å²) in [5.41, 5.74) is 0.678. The third kappa shape index (κ3) is 5.43. The number of hydrogen-bond acceptors (Lipinski definition) is 5. The first-order chi connectivity index (χ1) is 11.7. The van der Waals surface area contributed by atoms with Crippen LogP contribution in [0, 0.1) is 0 Å². The van der Waals surface area contributed by atoms with E-state index in [1.807, 2.05) is 0 Å². The van der Waals surface area contributed by atoms with E-state index in [2.05, 4.69) is 20.2 Å². The molecule has 2 rings (SSSR count). The van der Waals surface area contributed by atoms with Crippen LogP contribution >= 0.6 is 0 Å². The van der Waals surface area contributed by atoms with Gasteiger partial charge in [0.2, 0.25) is 15.9 Å². The van der Waals surface area contributed by atoms with Crippen molar-refractivity contribution in [3.8, 4) is 11.5 Å². The number of nitrogens with zero attached hydrogens (tertiary/aromatic N) is 1. The Kier molecular flexibility index (Phi) is 6.02. The summed E-state index contributed by atoms with van der Waals surface area (Å²) in [5, 5.41) is 9.49. The third-order valence-corrected chi connectivity index (χ3v) is 5.76. The number of unbranched alkanes of at least 4 members (excludes halogenated alkanes) is 1. The van der Waals surface area contributed by atoms with Crippen LogP contribution in [0.5, 0.6) is 0 Å². The maximum absolute atomic E-state index is 11.9. The van der Waals surface area contributed by atoms with Crippen LogP contribution in [0.1, 0.15) is 40.0 Å². The fourth-order valence-electron chi connectivity index (χ4n) is 1.98. The summed E-state index contributed by atoms with van der Waals surface area (Å²) in [6.45, 7) is 5.24. The van der Waals surface area contributed by atoms with Crippen molar-refractivity contribution in [1.29, 1.82) is 0 Å². The lowest BCUT2D eigenvalue weighted by Gasteiger charge is -2.19. The van der Waals surface area contributed by atoms with Crippen LogP contribution in [0.3, 0.4) is 0 Å². The maximum atomic E-state index is 11.9. The Morgan fingerprint density at radius 2 is 2.08 bits per heavy atom. The first-order valence-electron chi connectivity index (χ1n) is 8.07. The summed E-state index contributed by atoms with van der Waals surface area (Å²) in [6.07, 6.45) is 3.01. The monoisotopic (exact) mass is 368 g/mol. The minimum Gasteiger partial charge on any atom is -0.463 e. The number of rotatable bonds is 8. The molecule has 0 unspecified atom stereocenters. The van der Waals surface area contributed by atoms with Crippen molar-refractivity contribution >= 4 is 21.7 Å².